The largest absolute Gasteiger partial charge is 0.466 e. The molecule has 0 heterocycles. The van der Waals surface area contributed by atoms with Crippen molar-refractivity contribution in [3.05, 3.63) is 0 Å². The SMILES string of the molecule is CCOC(=O)C1CCC(O)C(N)C1.Cl. The molecule has 0 saturated heterocycles. The van der Waals surface area contributed by atoms with Crippen molar-refractivity contribution in [1.82, 2.24) is 0 Å². The van der Waals surface area contributed by atoms with Crippen molar-refractivity contribution in [2.45, 2.75) is 38.3 Å². The fraction of sp³-hybridized carbons (Fsp3) is 0.889. The molecule has 4 nitrogen and oxygen atoms in total. The fourth-order valence-corrected chi connectivity index (χ4v) is 1.66. The van der Waals surface area contributed by atoms with Crippen molar-refractivity contribution in [1.29, 1.82) is 0 Å². The van der Waals surface area contributed by atoms with Crippen LogP contribution in [0.15, 0.2) is 0 Å². The summed E-state index contributed by atoms with van der Waals surface area (Å²) < 4.78 is 4.89. The molecule has 3 N–H and O–H groups in total. The molecule has 0 amide bonds. The molecule has 0 radical (unpaired) electrons. The van der Waals surface area contributed by atoms with Gasteiger partial charge in [-0.05, 0) is 26.2 Å². The van der Waals surface area contributed by atoms with Crippen molar-refractivity contribution in [2.75, 3.05) is 6.61 Å². The summed E-state index contributed by atoms with van der Waals surface area (Å²) in [5.41, 5.74) is 5.64. The van der Waals surface area contributed by atoms with Crippen molar-refractivity contribution < 1.29 is 14.6 Å². The Morgan fingerprint density at radius 3 is 2.71 bits per heavy atom. The van der Waals surface area contributed by atoms with Gasteiger partial charge < -0.3 is 15.6 Å². The topological polar surface area (TPSA) is 72.5 Å². The van der Waals surface area contributed by atoms with E-state index in [2.05, 4.69) is 0 Å². The predicted molar refractivity (Wildman–Crippen MR) is 55.2 cm³/mol. The minimum absolute atomic E-state index is 0. The van der Waals surface area contributed by atoms with Crippen molar-refractivity contribution in [3.63, 3.8) is 0 Å². The number of rotatable bonds is 2. The van der Waals surface area contributed by atoms with Crippen LogP contribution in [0.25, 0.3) is 0 Å². The number of hydrogen-bond donors (Lipinski definition) is 2. The van der Waals surface area contributed by atoms with Crippen molar-refractivity contribution in [3.8, 4) is 0 Å². The van der Waals surface area contributed by atoms with E-state index < -0.39 is 6.10 Å². The molecular formula is C9H18ClNO3. The Morgan fingerprint density at radius 1 is 1.57 bits per heavy atom. The third-order valence-electron chi connectivity index (χ3n) is 2.48. The standard InChI is InChI=1S/C9H17NO3.ClH/c1-2-13-9(12)6-3-4-8(11)7(10)5-6;/h6-8,11H,2-5,10H2,1H3;1H. The molecule has 14 heavy (non-hydrogen) atoms. The number of halogens is 1. The molecule has 0 aliphatic heterocycles. The predicted octanol–water partition coefficient (Wildman–Crippen LogP) is 0.460. The molecule has 3 unspecified atom stereocenters. The Hall–Kier alpha value is -0.320. The molecular weight excluding hydrogens is 206 g/mol. The van der Waals surface area contributed by atoms with Gasteiger partial charge in [-0.1, -0.05) is 0 Å². The van der Waals surface area contributed by atoms with Gasteiger partial charge >= 0.3 is 5.97 Å². The summed E-state index contributed by atoms with van der Waals surface area (Å²) >= 11 is 0. The van der Waals surface area contributed by atoms with Gasteiger partial charge in [0, 0.05) is 6.04 Å². The molecule has 0 spiro atoms. The lowest BCUT2D eigenvalue weighted by atomic mass is 9.84. The highest BCUT2D eigenvalue weighted by molar-refractivity contribution is 5.85. The number of ether oxygens (including phenoxy) is 1. The first-order valence-electron chi connectivity index (χ1n) is 4.75. The first-order valence-corrected chi connectivity index (χ1v) is 4.75. The summed E-state index contributed by atoms with van der Waals surface area (Å²) in [6, 6.07) is -0.275. The lowest BCUT2D eigenvalue weighted by Crippen LogP contribution is -2.42. The highest BCUT2D eigenvalue weighted by Crippen LogP contribution is 2.24. The van der Waals surface area contributed by atoms with E-state index in [1.807, 2.05) is 0 Å². The molecule has 1 rings (SSSR count). The molecule has 5 heteroatoms. The van der Waals surface area contributed by atoms with Gasteiger partial charge in [0.25, 0.3) is 0 Å². The third kappa shape index (κ3) is 3.44. The van der Waals surface area contributed by atoms with E-state index in [1.165, 1.54) is 0 Å². The zero-order chi connectivity index (χ0) is 9.84. The van der Waals surface area contributed by atoms with E-state index in [0.29, 0.717) is 25.9 Å². The first kappa shape index (κ1) is 13.7. The Kier molecular flexibility index (Phi) is 6.08. The van der Waals surface area contributed by atoms with Crippen LogP contribution in [0, 0.1) is 5.92 Å². The molecule has 0 aromatic heterocycles. The second-order valence-corrected chi connectivity index (χ2v) is 3.49. The van der Waals surface area contributed by atoms with Crippen LogP contribution in [-0.4, -0.2) is 29.8 Å². The second-order valence-electron chi connectivity index (χ2n) is 3.49. The van der Waals surface area contributed by atoms with E-state index in [0.717, 1.165) is 0 Å². The molecule has 3 atom stereocenters. The van der Waals surface area contributed by atoms with Crippen LogP contribution in [-0.2, 0) is 9.53 Å². The maximum absolute atomic E-state index is 11.3. The van der Waals surface area contributed by atoms with Crippen LogP contribution in [0.3, 0.4) is 0 Å². The zero-order valence-corrected chi connectivity index (χ0v) is 9.13. The first-order chi connectivity index (χ1) is 6.15. The van der Waals surface area contributed by atoms with E-state index >= 15 is 0 Å². The molecule has 0 aromatic rings. The monoisotopic (exact) mass is 223 g/mol. The summed E-state index contributed by atoms with van der Waals surface area (Å²) in [5, 5.41) is 9.33. The Labute approximate surface area is 90.2 Å². The molecule has 0 bridgehead atoms. The number of nitrogens with two attached hydrogens (primary N) is 1. The van der Waals surface area contributed by atoms with Crippen molar-refractivity contribution >= 4 is 18.4 Å². The number of aliphatic hydroxyl groups is 1. The van der Waals surface area contributed by atoms with Crippen molar-refractivity contribution in [2.24, 2.45) is 11.7 Å². The van der Waals surface area contributed by atoms with Crippen LogP contribution < -0.4 is 5.73 Å². The summed E-state index contributed by atoms with van der Waals surface area (Å²) in [4.78, 5) is 11.3. The average molecular weight is 224 g/mol. The Bertz CT molecular complexity index is 189. The number of hydrogen-bond acceptors (Lipinski definition) is 4. The highest BCUT2D eigenvalue weighted by Gasteiger charge is 2.31. The quantitative estimate of drug-likeness (QED) is 0.668. The lowest BCUT2D eigenvalue weighted by Gasteiger charge is -2.29. The van der Waals surface area contributed by atoms with Crippen LogP contribution >= 0.6 is 12.4 Å². The van der Waals surface area contributed by atoms with Gasteiger partial charge in [0.2, 0.25) is 0 Å². The summed E-state index contributed by atoms with van der Waals surface area (Å²) in [6.45, 7) is 2.20. The van der Waals surface area contributed by atoms with E-state index in [1.54, 1.807) is 6.92 Å². The number of esters is 1. The minimum Gasteiger partial charge on any atom is -0.466 e. The van der Waals surface area contributed by atoms with Crippen LogP contribution in [0.1, 0.15) is 26.2 Å². The Balaban J connectivity index is 0.00000169. The minimum atomic E-state index is -0.453. The maximum Gasteiger partial charge on any atom is 0.308 e. The van der Waals surface area contributed by atoms with Gasteiger partial charge in [0.1, 0.15) is 0 Å². The molecule has 1 aliphatic rings. The highest BCUT2D eigenvalue weighted by atomic mass is 35.5. The summed E-state index contributed by atoms with van der Waals surface area (Å²) in [6.07, 6.45) is 1.38. The molecule has 0 aromatic carbocycles. The second kappa shape index (κ2) is 6.22. The van der Waals surface area contributed by atoms with E-state index in [4.69, 9.17) is 10.5 Å². The smallest absolute Gasteiger partial charge is 0.308 e. The van der Waals surface area contributed by atoms with Crippen LogP contribution in [0.5, 0.6) is 0 Å². The number of carbonyl (C=O) groups excluding carboxylic acids is 1. The number of carbonyl (C=O) groups is 1. The van der Waals surface area contributed by atoms with E-state index in [-0.39, 0.29) is 30.3 Å². The van der Waals surface area contributed by atoms with Gasteiger partial charge in [0.15, 0.2) is 0 Å². The van der Waals surface area contributed by atoms with E-state index in [9.17, 15) is 9.90 Å². The molecule has 1 saturated carbocycles. The van der Waals surface area contributed by atoms with Gasteiger partial charge in [0.05, 0.1) is 18.6 Å². The zero-order valence-electron chi connectivity index (χ0n) is 8.31. The number of aliphatic hydroxyl groups excluding tert-OH is 1. The molecule has 1 fully saturated rings. The molecule has 84 valence electrons. The van der Waals surface area contributed by atoms with Crippen LogP contribution in [0.2, 0.25) is 0 Å². The average Bonchev–Trinajstić information content (AvgIpc) is 2.10. The van der Waals surface area contributed by atoms with Crippen LogP contribution in [0.4, 0.5) is 0 Å². The van der Waals surface area contributed by atoms with Gasteiger partial charge in [-0.3, -0.25) is 4.79 Å². The third-order valence-corrected chi connectivity index (χ3v) is 2.48. The summed E-state index contributed by atoms with van der Waals surface area (Å²) in [7, 11) is 0. The summed E-state index contributed by atoms with van der Waals surface area (Å²) in [5.74, 6) is -0.289. The Morgan fingerprint density at radius 2 is 2.21 bits per heavy atom. The maximum atomic E-state index is 11.3. The van der Waals surface area contributed by atoms with Gasteiger partial charge in [-0.15, -0.1) is 12.4 Å². The van der Waals surface area contributed by atoms with Gasteiger partial charge in [-0.25, -0.2) is 0 Å². The normalized spacial score (nSPS) is 31.8. The fourth-order valence-electron chi connectivity index (χ4n) is 1.66. The lowest BCUT2D eigenvalue weighted by molar-refractivity contribution is -0.150. The molecule has 1 aliphatic carbocycles. The van der Waals surface area contributed by atoms with Gasteiger partial charge in [-0.2, -0.15) is 0 Å².